The van der Waals surface area contributed by atoms with Crippen LogP contribution in [0.15, 0.2) is 18.2 Å². The quantitative estimate of drug-likeness (QED) is 0.821. The number of fused-ring (bicyclic) bond motifs is 1. The van der Waals surface area contributed by atoms with Gasteiger partial charge in [0.05, 0.1) is 12.5 Å². The molecule has 4 rings (SSSR count). The number of anilines is 1. The van der Waals surface area contributed by atoms with E-state index in [1.165, 1.54) is 0 Å². The molecule has 2 atom stereocenters. The van der Waals surface area contributed by atoms with Gasteiger partial charge in [0.15, 0.2) is 11.5 Å². The van der Waals surface area contributed by atoms with Crippen LogP contribution in [0.5, 0.6) is 11.5 Å². The van der Waals surface area contributed by atoms with Crippen molar-refractivity contribution in [3.05, 3.63) is 40.7 Å². The van der Waals surface area contributed by atoms with E-state index < -0.39 is 6.10 Å². The number of aliphatic hydroxyl groups excluding tert-OH is 1. The Labute approximate surface area is 163 Å². The number of benzene rings is 1. The zero-order chi connectivity index (χ0) is 19.8. The van der Waals surface area contributed by atoms with Crippen LogP contribution in [0.1, 0.15) is 34.9 Å². The number of amides is 1. The number of nitrogen functional groups attached to an aromatic ring is 1. The Bertz CT molecular complexity index is 894. The third-order valence-corrected chi connectivity index (χ3v) is 5.53. The predicted octanol–water partition coefficient (Wildman–Crippen LogP) is 1.32. The van der Waals surface area contributed by atoms with Gasteiger partial charge in [-0.2, -0.15) is 0 Å². The second kappa shape index (κ2) is 7.27. The SMILES string of the molecule is Cc1nc(N)nc(C)c1CC(=O)N1CC[C@@H](c2ccc3c(c2)OCO3)[C@H](O)C1. The average molecular weight is 384 g/mol. The van der Waals surface area contributed by atoms with Crippen LogP contribution < -0.4 is 15.2 Å². The lowest BCUT2D eigenvalue weighted by molar-refractivity contribution is -0.134. The summed E-state index contributed by atoms with van der Waals surface area (Å²) in [6.07, 6.45) is 0.255. The predicted molar refractivity (Wildman–Crippen MR) is 102 cm³/mol. The van der Waals surface area contributed by atoms with Gasteiger partial charge in [0.25, 0.3) is 0 Å². The summed E-state index contributed by atoms with van der Waals surface area (Å²) >= 11 is 0. The number of likely N-dealkylation sites (tertiary alicyclic amines) is 1. The summed E-state index contributed by atoms with van der Waals surface area (Å²) < 4.78 is 10.8. The van der Waals surface area contributed by atoms with Crippen molar-refractivity contribution in [2.75, 3.05) is 25.6 Å². The molecule has 0 aliphatic carbocycles. The summed E-state index contributed by atoms with van der Waals surface area (Å²) in [7, 11) is 0. The fourth-order valence-corrected chi connectivity index (χ4v) is 3.98. The molecule has 8 heteroatoms. The number of hydrogen-bond acceptors (Lipinski definition) is 7. The van der Waals surface area contributed by atoms with E-state index in [-0.39, 0.29) is 31.0 Å². The highest BCUT2D eigenvalue weighted by atomic mass is 16.7. The van der Waals surface area contributed by atoms with Gasteiger partial charge >= 0.3 is 0 Å². The lowest BCUT2D eigenvalue weighted by Gasteiger charge is -2.36. The Kier molecular flexibility index (Phi) is 4.80. The van der Waals surface area contributed by atoms with Gasteiger partial charge in [-0.25, -0.2) is 9.97 Å². The van der Waals surface area contributed by atoms with E-state index >= 15 is 0 Å². The van der Waals surface area contributed by atoms with Crippen LogP contribution in [0.2, 0.25) is 0 Å². The van der Waals surface area contributed by atoms with Crippen molar-refractivity contribution in [2.45, 2.75) is 38.7 Å². The molecule has 0 unspecified atom stereocenters. The van der Waals surface area contributed by atoms with Crippen molar-refractivity contribution >= 4 is 11.9 Å². The van der Waals surface area contributed by atoms with Crippen molar-refractivity contribution in [3.63, 3.8) is 0 Å². The van der Waals surface area contributed by atoms with Gasteiger partial charge in [-0.05, 0) is 38.0 Å². The number of aryl methyl sites for hydroxylation is 2. The minimum absolute atomic E-state index is 0.0391. The minimum Gasteiger partial charge on any atom is -0.454 e. The number of aliphatic hydroxyl groups is 1. The summed E-state index contributed by atoms with van der Waals surface area (Å²) in [6.45, 7) is 4.76. The fourth-order valence-electron chi connectivity index (χ4n) is 3.98. The van der Waals surface area contributed by atoms with Crippen molar-refractivity contribution in [1.29, 1.82) is 0 Å². The molecular weight excluding hydrogens is 360 g/mol. The van der Waals surface area contributed by atoms with Crippen LogP contribution in [0, 0.1) is 13.8 Å². The van der Waals surface area contributed by atoms with Gasteiger partial charge in [0.1, 0.15) is 0 Å². The summed E-state index contributed by atoms with van der Waals surface area (Å²) in [5.41, 5.74) is 8.89. The molecule has 3 heterocycles. The van der Waals surface area contributed by atoms with E-state index in [0.717, 1.165) is 16.9 Å². The van der Waals surface area contributed by atoms with E-state index in [1.807, 2.05) is 32.0 Å². The smallest absolute Gasteiger partial charge is 0.231 e. The number of ether oxygens (including phenoxy) is 2. The Morgan fingerprint density at radius 3 is 2.68 bits per heavy atom. The Hall–Kier alpha value is -2.87. The number of nitrogens with zero attached hydrogens (tertiary/aromatic N) is 3. The number of nitrogens with two attached hydrogens (primary N) is 1. The highest BCUT2D eigenvalue weighted by Gasteiger charge is 2.32. The van der Waals surface area contributed by atoms with E-state index in [2.05, 4.69) is 9.97 Å². The maximum Gasteiger partial charge on any atom is 0.231 e. The molecular formula is C20H24N4O4. The summed E-state index contributed by atoms with van der Waals surface area (Å²) in [5.74, 6) is 1.57. The van der Waals surface area contributed by atoms with Gasteiger partial charge in [-0.15, -0.1) is 0 Å². The van der Waals surface area contributed by atoms with Crippen LogP contribution in [0.25, 0.3) is 0 Å². The molecule has 1 aromatic carbocycles. The molecule has 3 N–H and O–H groups in total. The van der Waals surface area contributed by atoms with Crippen molar-refractivity contribution in [1.82, 2.24) is 14.9 Å². The molecule has 1 aromatic heterocycles. The summed E-state index contributed by atoms with van der Waals surface area (Å²) in [5, 5.41) is 10.7. The number of rotatable bonds is 3. The van der Waals surface area contributed by atoms with E-state index in [4.69, 9.17) is 15.2 Å². The van der Waals surface area contributed by atoms with Gasteiger partial charge < -0.3 is 25.2 Å². The van der Waals surface area contributed by atoms with Crippen LogP contribution >= 0.6 is 0 Å². The van der Waals surface area contributed by atoms with E-state index in [1.54, 1.807) is 4.90 Å². The number of carbonyl (C=O) groups excluding carboxylic acids is 1. The second-order valence-electron chi connectivity index (χ2n) is 7.32. The van der Waals surface area contributed by atoms with Gasteiger partial charge in [0, 0.05) is 36.0 Å². The van der Waals surface area contributed by atoms with Crippen molar-refractivity contribution in [2.24, 2.45) is 0 Å². The molecule has 0 saturated carbocycles. The number of piperidine rings is 1. The second-order valence-corrected chi connectivity index (χ2v) is 7.32. The Morgan fingerprint density at radius 1 is 1.25 bits per heavy atom. The first-order valence-electron chi connectivity index (χ1n) is 9.37. The van der Waals surface area contributed by atoms with E-state index in [9.17, 15) is 9.90 Å². The molecule has 1 saturated heterocycles. The first-order chi connectivity index (χ1) is 13.4. The summed E-state index contributed by atoms with van der Waals surface area (Å²) in [6, 6.07) is 5.75. The minimum atomic E-state index is -0.636. The maximum atomic E-state index is 12.8. The molecule has 28 heavy (non-hydrogen) atoms. The van der Waals surface area contributed by atoms with Gasteiger partial charge in [-0.3, -0.25) is 4.79 Å². The third kappa shape index (κ3) is 3.47. The molecule has 2 aromatic rings. The fraction of sp³-hybridized carbons (Fsp3) is 0.450. The van der Waals surface area contributed by atoms with Gasteiger partial charge in [-0.1, -0.05) is 6.07 Å². The van der Waals surface area contributed by atoms with Crippen LogP contribution in [-0.2, 0) is 11.2 Å². The van der Waals surface area contributed by atoms with Crippen LogP contribution in [0.3, 0.4) is 0 Å². The highest BCUT2D eigenvalue weighted by molar-refractivity contribution is 5.79. The first-order valence-corrected chi connectivity index (χ1v) is 9.37. The molecule has 1 fully saturated rings. The molecule has 0 bridgehead atoms. The van der Waals surface area contributed by atoms with E-state index in [0.29, 0.717) is 36.6 Å². The first kappa shape index (κ1) is 18.5. The monoisotopic (exact) mass is 384 g/mol. The van der Waals surface area contributed by atoms with Crippen molar-refractivity contribution < 1.29 is 19.4 Å². The molecule has 2 aliphatic heterocycles. The lowest BCUT2D eigenvalue weighted by atomic mass is 9.86. The topological polar surface area (TPSA) is 111 Å². The number of aromatic nitrogens is 2. The summed E-state index contributed by atoms with van der Waals surface area (Å²) in [4.78, 5) is 22.8. The zero-order valence-electron chi connectivity index (χ0n) is 16.0. The zero-order valence-corrected chi connectivity index (χ0v) is 16.0. The maximum absolute atomic E-state index is 12.8. The molecule has 0 radical (unpaired) electrons. The van der Waals surface area contributed by atoms with Crippen molar-refractivity contribution in [3.8, 4) is 11.5 Å². The Morgan fingerprint density at radius 2 is 1.96 bits per heavy atom. The normalized spacial score (nSPS) is 21.0. The molecule has 1 amide bonds. The standard InChI is InChI=1S/C20H24N4O4/c1-11-15(12(2)23-20(21)22-11)8-19(26)24-6-5-14(16(25)9-24)13-3-4-17-18(7-13)28-10-27-17/h3-4,7,14,16,25H,5-6,8-10H2,1-2H3,(H2,21,22,23)/t14-,16+/m0/s1. The highest BCUT2D eigenvalue weighted by Crippen LogP contribution is 2.37. The average Bonchev–Trinajstić information content (AvgIpc) is 3.12. The lowest BCUT2D eigenvalue weighted by Crippen LogP contribution is -2.46. The largest absolute Gasteiger partial charge is 0.454 e. The molecule has 148 valence electrons. The number of β-amino-alcohol motifs (C(OH)–C–C–N with tert-alkyl or cyclic N) is 1. The Balaban J connectivity index is 1.43. The molecule has 2 aliphatic rings. The third-order valence-electron chi connectivity index (χ3n) is 5.53. The number of carbonyl (C=O) groups is 1. The van der Waals surface area contributed by atoms with Crippen LogP contribution in [0.4, 0.5) is 5.95 Å². The number of hydrogen-bond donors (Lipinski definition) is 2. The van der Waals surface area contributed by atoms with Gasteiger partial charge in [0.2, 0.25) is 18.6 Å². The van der Waals surface area contributed by atoms with Crippen LogP contribution in [-0.4, -0.2) is 51.9 Å². The molecule has 0 spiro atoms. The molecule has 8 nitrogen and oxygen atoms in total.